The molecule has 1 N–H and O–H groups in total. The summed E-state index contributed by atoms with van der Waals surface area (Å²) in [5.74, 6) is -0.299. The van der Waals surface area contributed by atoms with Gasteiger partial charge in [0.2, 0.25) is 0 Å². The number of aliphatic hydroxyl groups is 1. The molecule has 148 valence electrons. The van der Waals surface area contributed by atoms with Crippen molar-refractivity contribution in [3.05, 3.63) is 54.0 Å². The van der Waals surface area contributed by atoms with Crippen LogP contribution in [0.15, 0.2) is 42.9 Å². The lowest BCUT2D eigenvalue weighted by molar-refractivity contribution is -0.274. The summed E-state index contributed by atoms with van der Waals surface area (Å²) in [5.41, 5.74) is 4.23. The van der Waals surface area contributed by atoms with Gasteiger partial charge in [-0.05, 0) is 42.3 Å². The largest absolute Gasteiger partial charge is 0.573 e. The Bertz CT molecular complexity index is 993. The van der Waals surface area contributed by atoms with Gasteiger partial charge in [0.1, 0.15) is 5.75 Å². The Balaban J connectivity index is 2.11. The van der Waals surface area contributed by atoms with Crippen molar-refractivity contribution in [2.24, 2.45) is 7.05 Å². The van der Waals surface area contributed by atoms with Crippen molar-refractivity contribution in [1.29, 1.82) is 0 Å². The third-order valence-electron chi connectivity index (χ3n) is 4.18. The predicted octanol–water partition coefficient (Wildman–Crippen LogP) is 4.64. The molecule has 5 nitrogen and oxygen atoms in total. The van der Waals surface area contributed by atoms with E-state index in [1.165, 1.54) is 24.3 Å². The lowest BCUT2D eigenvalue weighted by Gasteiger charge is -2.13. The minimum Gasteiger partial charge on any atom is -0.501 e. The second-order valence-electron chi connectivity index (χ2n) is 6.04. The molecule has 0 spiro atoms. The maximum absolute atomic E-state index is 12.4. The van der Waals surface area contributed by atoms with Gasteiger partial charge >= 0.3 is 6.36 Å². The first kappa shape index (κ1) is 19.8. The minimum atomic E-state index is -4.74. The van der Waals surface area contributed by atoms with Crippen LogP contribution in [0.5, 0.6) is 5.75 Å². The standard InChI is InChI=1S/C20H19F3N2O3/c1-3-27-9-8-16-14(11-26)10-17(18-19(16)25(2)12-24-18)13-4-6-15(7-5-13)28-20(21,22)23/h4-10,12,26H,3,11H2,1-2H3. The molecule has 0 amide bonds. The Hall–Kier alpha value is -3.00. The van der Waals surface area contributed by atoms with Crippen LogP contribution < -0.4 is 4.74 Å². The number of rotatable bonds is 6. The topological polar surface area (TPSA) is 56.5 Å². The smallest absolute Gasteiger partial charge is 0.501 e. The summed E-state index contributed by atoms with van der Waals surface area (Å²) >= 11 is 0. The first-order valence-electron chi connectivity index (χ1n) is 8.56. The summed E-state index contributed by atoms with van der Waals surface area (Å²) in [6, 6.07) is 7.33. The molecule has 0 aliphatic rings. The van der Waals surface area contributed by atoms with E-state index in [1.54, 1.807) is 24.7 Å². The Morgan fingerprint density at radius 1 is 1.21 bits per heavy atom. The molecule has 8 heteroatoms. The zero-order chi connectivity index (χ0) is 20.3. The molecule has 0 atom stereocenters. The van der Waals surface area contributed by atoms with Crippen molar-refractivity contribution in [3.8, 4) is 16.9 Å². The van der Waals surface area contributed by atoms with E-state index >= 15 is 0 Å². The summed E-state index contributed by atoms with van der Waals surface area (Å²) in [5, 5.41) is 9.86. The van der Waals surface area contributed by atoms with Crippen LogP contribution in [0.1, 0.15) is 18.1 Å². The normalized spacial score (nSPS) is 12.1. The van der Waals surface area contributed by atoms with E-state index in [0.29, 0.717) is 28.8 Å². The second-order valence-corrected chi connectivity index (χ2v) is 6.04. The first-order valence-corrected chi connectivity index (χ1v) is 8.56. The molecule has 3 aromatic rings. The Kier molecular flexibility index (Phi) is 5.60. The van der Waals surface area contributed by atoms with Gasteiger partial charge in [-0.2, -0.15) is 0 Å². The molecule has 0 saturated heterocycles. The summed E-state index contributed by atoms with van der Waals surface area (Å²) < 4.78 is 48.1. The average Bonchev–Trinajstić information content (AvgIpc) is 3.03. The summed E-state index contributed by atoms with van der Waals surface area (Å²) in [4.78, 5) is 4.44. The van der Waals surface area contributed by atoms with Gasteiger partial charge < -0.3 is 19.1 Å². The van der Waals surface area contributed by atoms with Gasteiger partial charge in [-0.25, -0.2) is 4.98 Å². The summed E-state index contributed by atoms with van der Waals surface area (Å²) in [6.45, 7) is 2.17. The Morgan fingerprint density at radius 2 is 1.93 bits per heavy atom. The molecule has 0 saturated carbocycles. The number of halogens is 3. The van der Waals surface area contributed by atoms with Gasteiger partial charge in [-0.15, -0.1) is 13.2 Å². The van der Waals surface area contributed by atoms with Crippen LogP contribution in [0.2, 0.25) is 0 Å². The van der Waals surface area contributed by atoms with Crippen molar-refractivity contribution < 1.29 is 27.8 Å². The number of aryl methyl sites for hydroxylation is 1. The zero-order valence-corrected chi connectivity index (χ0v) is 15.3. The number of hydrogen-bond acceptors (Lipinski definition) is 4. The molecule has 0 unspecified atom stereocenters. The fourth-order valence-corrected chi connectivity index (χ4v) is 3.00. The fourth-order valence-electron chi connectivity index (χ4n) is 3.00. The summed E-state index contributed by atoms with van der Waals surface area (Å²) in [6.07, 6.45) is 0.232. The van der Waals surface area contributed by atoms with Crippen LogP contribution in [-0.4, -0.2) is 27.6 Å². The molecule has 3 rings (SSSR count). The number of benzene rings is 2. The van der Waals surface area contributed by atoms with Crippen LogP contribution in [0.3, 0.4) is 0 Å². The van der Waals surface area contributed by atoms with Gasteiger partial charge in [0, 0.05) is 18.2 Å². The van der Waals surface area contributed by atoms with Crippen LogP contribution in [-0.2, 0) is 18.4 Å². The van der Waals surface area contributed by atoms with Crippen molar-refractivity contribution in [3.63, 3.8) is 0 Å². The molecule has 1 heterocycles. The lowest BCUT2D eigenvalue weighted by atomic mass is 9.96. The highest BCUT2D eigenvalue weighted by Gasteiger charge is 2.31. The van der Waals surface area contributed by atoms with Gasteiger partial charge in [0.05, 0.1) is 36.8 Å². The molecule has 0 fully saturated rings. The fraction of sp³-hybridized carbons (Fsp3) is 0.250. The molecule has 2 aromatic carbocycles. The SMILES string of the molecule is CCOC=Cc1c(CO)cc(-c2ccc(OC(F)(F)F)cc2)c2ncn(C)c12. The Labute approximate surface area is 159 Å². The number of ether oxygens (including phenoxy) is 2. The van der Waals surface area contributed by atoms with Crippen molar-refractivity contribution in [2.45, 2.75) is 19.9 Å². The quantitative estimate of drug-likeness (QED) is 0.621. The number of aliphatic hydroxyl groups excluding tert-OH is 1. The van der Waals surface area contributed by atoms with Gasteiger partial charge in [0.25, 0.3) is 0 Å². The van der Waals surface area contributed by atoms with Crippen LogP contribution in [0, 0.1) is 0 Å². The molecule has 0 bridgehead atoms. The van der Waals surface area contributed by atoms with E-state index in [2.05, 4.69) is 9.72 Å². The number of imidazole rings is 1. The number of alkyl halides is 3. The molecule has 0 radical (unpaired) electrons. The number of hydrogen-bond donors (Lipinski definition) is 1. The van der Waals surface area contributed by atoms with Gasteiger partial charge in [0.15, 0.2) is 0 Å². The lowest BCUT2D eigenvalue weighted by Crippen LogP contribution is -2.16. The van der Waals surface area contributed by atoms with Crippen LogP contribution in [0.25, 0.3) is 28.2 Å². The average molecular weight is 392 g/mol. The number of aromatic nitrogens is 2. The van der Waals surface area contributed by atoms with E-state index in [-0.39, 0.29) is 12.4 Å². The highest BCUT2D eigenvalue weighted by molar-refractivity contribution is 5.98. The molecule has 0 aliphatic carbocycles. The van der Waals surface area contributed by atoms with Crippen LogP contribution in [0.4, 0.5) is 13.2 Å². The third kappa shape index (κ3) is 4.12. The molecule has 1 aromatic heterocycles. The van der Waals surface area contributed by atoms with Gasteiger partial charge in [-0.1, -0.05) is 12.1 Å². The highest BCUT2D eigenvalue weighted by atomic mass is 19.4. The zero-order valence-electron chi connectivity index (χ0n) is 15.3. The number of fused-ring (bicyclic) bond motifs is 1. The van der Waals surface area contributed by atoms with Crippen LogP contribution >= 0.6 is 0 Å². The van der Waals surface area contributed by atoms with Gasteiger partial charge in [-0.3, -0.25) is 0 Å². The monoisotopic (exact) mass is 392 g/mol. The van der Waals surface area contributed by atoms with Crippen molar-refractivity contribution >= 4 is 17.1 Å². The maximum Gasteiger partial charge on any atom is 0.573 e. The molecular weight excluding hydrogens is 373 g/mol. The minimum absolute atomic E-state index is 0.213. The number of nitrogens with zero attached hydrogens (tertiary/aromatic N) is 2. The summed E-state index contributed by atoms with van der Waals surface area (Å²) in [7, 11) is 1.83. The predicted molar refractivity (Wildman–Crippen MR) is 99.4 cm³/mol. The molecule has 0 aliphatic heterocycles. The molecular formula is C20H19F3N2O3. The second kappa shape index (κ2) is 7.93. The first-order chi connectivity index (χ1) is 13.3. The van der Waals surface area contributed by atoms with Crippen molar-refractivity contribution in [2.75, 3.05) is 6.61 Å². The third-order valence-corrected chi connectivity index (χ3v) is 4.18. The highest BCUT2D eigenvalue weighted by Crippen LogP contribution is 2.34. The van der Waals surface area contributed by atoms with E-state index in [0.717, 1.165) is 11.1 Å². The van der Waals surface area contributed by atoms with E-state index < -0.39 is 6.36 Å². The maximum atomic E-state index is 12.4. The Morgan fingerprint density at radius 3 is 2.54 bits per heavy atom. The van der Waals surface area contributed by atoms with E-state index in [9.17, 15) is 18.3 Å². The van der Waals surface area contributed by atoms with E-state index in [4.69, 9.17) is 4.74 Å². The van der Waals surface area contributed by atoms with E-state index in [1.807, 2.05) is 18.5 Å². The molecule has 28 heavy (non-hydrogen) atoms. The van der Waals surface area contributed by atoms with Crippen molar-refractivity contribution in [1.82, 2.24) is 9.55 Å².